The van der Waals surface area contributed by atoms with Gasteiger partial charge in [-0.2, -0.15) is 0 Å². The maximum absolute atomic E-state index is 5.93. The number of thiazole rings is 1. The van der Waals surface area contributed by atoms with Crippen molar-refractivity contribution in [2.75, 3.05) is 5.73 Å². The Labute approximate surface area is 109 Å². The molecule has 17 heavy (non-hydrogen) atoms. The number of nitrogens with two attached hydrogens (primary N) is 1. The summed E-state index contributed by atoms with van der Waals surface area (Å²) in [5, 5.41) is 0.752. The standard InChI is InChI=1S/C14H24N2S/c1-10(2)9-11-12(16-13(15)17-11)14(3)7-5-4-6-8-14/h10H,4-9H2,1-3H3,(H2,15,16). The van der Waals surface area contributed by atoms with Crippen molar-refractivity contribution in [1.82, 2.24) is 4.98 Å². The van der Waals surface area contributed by atoms with E-state index in [0.29, 0.717) is 5.92 Å². The first-order chi connectivity index (χ1) is 8.01. The van der Waals surface area contributed by atoms with Gasteiger partial charge in [0.15, 0.2) is 5.13 Å². The second kappa shape index (κ2) is 4.97. The summed E-state index contributed by atoms with van der Waals surface area (Å²) >= 11 is 1.70. The van der Waals surface area contributed by atoms with Gasteiger partial charge >= 0.3 is 0 Å². The molecule has 0 aliphatic heterocycles. The van der Waals surface area contributed by atoms with Gasteiger partial charge < -0.3 is 5.73 Å². The molecule has 1 aliphatic carbocycles. The lowest BCUT2D eigenvalue weighted by Gasteiger charge is -2.33. The largest absolute Gasteiger partial charge is 0.375 e. The number of rotatable bonds is 3. The van der Waals surface area contributed by atoms with Gasteiger partial charge in [0.25, 0.3) is 0 Å². The Bertz CT molecular complexity index is 376. The monoisotopic (exact) mass is 252 g/mol. The average Bonchev–Trinajstić information content (AvgIpc) is 2.60. The van der Waals surface area contributed by atoms with Crippen LogP contribution in [0, 0.1) is 5.92 Å². The SMILES string of the molecule is CC(C)Cc1sc(N)nc1C1(C)CCCCC1. The molecule has 1 aromatic heterocycles. The molecule has 1 aliphatic rings. The van der Waals surface area contributed by atoms with Crippen LogP contribution >= 0.6 is 11.3 Å². The molecule has 0 amide bonds. The second-order valence-electron chi connectivity index (χ2n) is 6.04. The van der Waals surface area contributed by atoms with E-state index >= 15 is 0 Å². The third kappa shape index (κ3) is 2.82. The van der Waals surface area contributed by atoms with E-state index < -0.39 is 0 Å². The molecule has 1 fully saturated rings. The van der Waals surface area contributed by atoms with Crippen LogP contribution in [0.2, 0.25) is 0 Å². The lowest BCUT2D eigenvalue weighted by molar-refractivity contribution is 0.311. The van der Waals surface area contributed by atoms with E-state index in [0.717, 1.165) is 11.6 Å². The summed E-state index contributed by atoms with van der Waals surface area (Å²) in [5.74, 6) is 0.681. The zero-order valence-corrected chi connectivity index (χ0v) is 12.1. The van der Waals surface area contributed by atoms with Gasteiger partial charge in [0, 0.05) is 10.3 Å². The van der Waals surface area contributed by atoms with Gasteiger partial charge in [-0.3, -0.25) is 0 Å². The molecule has 2 rings (SSSR count). The lowest BCUT2D eigenvalue weighted by atomic mass is 9.72. The summed E-state index contributed by atoms with van der Waals surface area (Å²) < 4.78 is 0. The molecule has 96 valence electrons. The molecule has 0 spiro atoms. The van der Waals surface area contributed by atoms with Gasteiger partial charge in [-0.25, -0.2) is 4.98 Å². The fourth-order valence-corrected chi connectivity index (χ4v) is 4.11. The van der Waals surface area contributed by atoms with E-state index in [1.807, 2.05) is 0 Å². The number of nitrogen functional groups attached to an aromatic ring is 1. The normalized spacial score (nSPS) is 19.8. The molecule has 0 unspecified atom stereocenters. The number of hydrogen-bond acceptors (Lipinski definition) is 3. The Morgan fingerprint density at radius 3 is 2.53 bits per heavy atom. The van der Waals surface area contributed by atoms with Crippen molar-refractivity contribution in [3.8, 4) is 0 Å². The number of nitrogens with zero attached hydrogens (tertiary/aromatic N) is 1. The molecule has 1 aromatic rings. The first kappa shape index (κ1) is 12.9. The highest BCUT2D eigenvalue weighted by molar-refractivity contribution is 7.15. The molecule has 0 atom stereocenters. The van der Waals surface area contributed by atoms with Crippen LogP contribution < -0.4 is 5.73 Å². The Balaban J connectivity index is 2.29. The Morgan fingerprint density at radius 1 is 1.29 bits per heavy atom. The molecule has 3 heteroatoms. The van der Waals surface area contributed by atoms with Crippen molar-refractivity contribution in [3.05, 3.63) is 10.6 Å². The summed E-state index contributed by atoms with van der Waals surface area (Å²) in [6, 6.07) is 0. The van der Waals surface area contributed by atoms with Gasteiger partial charge in [-0.1, -0.05) is 40.0 Å². The third-order valence-electron chi connectivity index (χ3n) is 3.84. The van der Waals surface area contributed by atoms with Gasteiger partial charge in [0.1, 0.15) is 0 Å². The summed E-state index contributed by atoms with van der Waals surface area (Å²) in [4.78, 5) is 6.09. The maximum Gasteiger partial charge on any atom is 0.180 e. The molecule has 2 N–H and O–H groups in total. The van der Waals surface area contributed by atoms with Crippen molar-refractivity contribution in [1.29, 1.82) is 0 Å². The molecule has 0 bridgehead atoms. The summed E-state index contributed by atoms with van der Waals surface area (Å²) in [5.41, 5.74) is 7.53. The van der Waals surface area contributed by atoms with Crippen molar-refractivity contribution < 1.29 is 0 Å². The van der Waals surface area contributed by atoms with Crippen LogP contribution in [0.4, 0.5) is 5.13 Å². The van der Waals surface area contributed by atoms with Crippen molar-refractivity contribution in [3.63, 3.8) is 0 Å². The number of anilines is 1. The summed E-state index contributed by atoms with van der Waals surface area (Å²) in [6.07, 6.45) is 7.75. The summed E-state index contributed by atoms with van der Waals surface area (Å²) in [6.45, 7) is 6.91. The van der Waals surface area contributed by atoms with Crippen LogP contribution in [0.15, 0.2) is 0 Å². The molecular formula is C14H24N2S. The van der Waals surface area contributed by atoms with E-state index in [2.05, 4.69) is 25.8 Å². The highest BCUT2D eigenvalue weighted by atomic mass is 32.1. The maximum atomic E-state index is 5.93. The summed E-state index contributed by atoms with van der Waals surface area (Å²) in [7, 11) is 0. The zero-order valence-electron chi connectivity index (χ0n) is 11.3. The van der Waals surface area contributed by atoms with Crippen LogP contribution in [0.5, 0.6) is 0 Å². The van der Waals surface area contributed by atoms with Crippen molar-refractivity contribution >= 4 is 16.5 Å². The predicted octanol–water partition coefficient (Wildman–Crippen LogP) is 4.15. The first-order valence-electron chi connectivity index (χ1n) is 6.77. The van der Waals surface area contributed by atoms with Gasteiger partial charge in [0.2, 0.25) is 0 Å². The van der Waals surface area contributed by atoms with E-state index in [9.17, 15) is 0 Å². The highest BCUT2D eigenvalue weighted by Crippen LogP contribution is 2.42. The third-order valence-corrected chi connectivity index (χ3v) is 4.74. The Kier molecular flexibility index (Phi) is 3.76. The molecule has 2 nitrogen and oxygen atoms in total. The topological polar surface area (TPSA) is 38.9 Å². The number of hydrogen-bond donors (Lipinski definition) is 1. The van der Waals surface area contributed by atoms with Crippen molar-refractivity contribution in [2.24, 2.45) is 5.92 Å². The van der Waals surface area contributed by atoms with Gasteiger partial charge in [-0.05, 0) is 25.2 Å². The molecule has 0 radical (unpaired) electrons. The van der Waals surface area contributed by atoms with Crippen molar-refractivity contribution in [2.45, 2.75) is 64.7 Å². The second-order valence-corrected chi connectivity index (χ2v) is 7.16. The lowest BCUT2D eigenvalue weighted by Crippen LogP contribution is -2.27. The quantitative estimate of drug-likeness (QED) is 0.878. The molecule has 1 heterocycles. The molecule has 1 saturated carbocycles. The molecule has 0 aromatic carbocycles. The van der Waals surface area contributed by atoms with E-state index in [1.165, 1.54) is 42.7 Å². The van der Waals surface area contributed by atoms with Crippen LogP contribution in [-0.2, 0) is 11.8 Å². The highest BCUT2D eigenvalue weighted by Gasteiger charge is 2.33. The van der Waals surface area contributed by atoms with Gasteiger partial charge in [0.05, 0.1) is 5.69 Å². The average molecular weight is 252 g/mol. The van der Waals surface area contributed by atoms with Gasteiger partial charge in [-0.15, -0.1) is 11.3 Å². The zero-order chi connectivity index (χ0) is 12.5. The first-order valence-corrected chi connectivity index (χ1v) is 7.58. The van der Waals surface area contributed by atoms with E-state index in [4.69, 9.17) is 5.73 Å². The Morgan fingerprint density at radius 2 is 1.94 bits per heavy atom. The van der Waals surface area contributed by atoms with Crippen LogP contribution in [0.1, 0.15) is 63.4 Å². The van der Waals surface area contributed by atoms with Crippen LogP contribution in [0.3, 0.4) is 0 Å². The number of aromatic nitrogens is 1. The minimum atomic E-state index is 0.288. The fourth-order valence-electron chi connectivity index (χ4n) is 2.92. The minimum absolute atomic E-state index is 0.288. The fraction of sp³-hybridized carbons (Fsp3) is 0.786. The van der Waals surface area contributed by atoms with E-state index in [-0.39, 0.29) is 5.41 Å². The smallest absolute Gasteiger partial charge is 0.180 e. The van der Waals surface area contributed by atoms with Crippen LogP contribution in [-0.4, -0.2) is 4.98 Å². The molecule has 0 saturated heterocycles. The van der Waals surface area contributed by atoms with Crippen LogP contribution in [0.25, 0.3) is 0 Å². The van der Waals surface area contributed by atoms with E-state index in [1.54, 1.807) is 11.3 Å². The minimum Gasteiger partial charge on any atom is -0.375 e. The predicted molar refractivity (Wildman–Crippen MR) is 75.5 cm³/mol. The molecular weight excluding hydrogens is 228 g/mol. The Hall–Kier alpha value is -0.570.